The van der Waals surface area contributed by atoms with Gasteiger partial charge in [-0.1, -0.05) is 40.0 Å². The molecule has 0 rings (SSSR count). The van der Waals surface area contributed by atoms with Crippen molar-refractivity contribution in [3.63, 3.8) is 0 Å². The molecule has 2 atom stereocenters. The molecule has 3 nitrogen and oxygen atoms in total. The second-order valence-corrected chi connectivity index (χ2v) is 6.60. The van der Waals surface area contributed by atoms with Crippen LogP contribution in [-0.4, -0.2) is 26.0 Å². The molecule has 15 heavy (non-hydrogen) atoms. The van der Waals surface area contributed by atoms with Crippen LogP contribution in [0.25, 0.3) is 0 Å². The molecule has 2 N–H and O–H groups in total. The minimum absolute atomic E-state index is 0.145. The first kappa shape index (κ1) is 14.9. The summed E-state index contributed by atoms with van der Waals surface area (Å²) in [6.45, 7) is 6.11. The van der Waals surface area contributed by atoms with Gasteiger partial charge in [-0.15, -0.1) is 0 Å². The lowest BCUT2D eigenvalue weighted by Crippen LogP contribution is -2.36. The molecule has 0 radical (unpaired) electrons. The van der Waals surface area contributed by atoms with Gasteiger partial charge < -0.3 is 5.73 Å². The van der Waals surface area contributed by atoms with Crippen molar-refractivity contribution in [2.45, 2.75) is 52.5 Å². The highest BCUT2D eigenvalue weighted by atomic mass is 32.2. The van der Waals surface area contributed by atoms with E-state index in [0.717, 1.165) is 25.7 Å². The zero-order valence-corrected chi connectivity index (χ0v) is 11.0. The van der Waals surface area contributed by atoms with Crippen LogP contribution in [0.2, 0.25) is 0 Å². The minimum atomic E-state index is -2.93. The van der Waals surface area contributed by atoms with Gasteiger partial charge in [-0.25, -0.2) is 8.42 Å². The summed E-state index contributed by atoms with van der Waals surface area (Å²) < 4.78 is 23.3. The summed E-state index contributed by atoms with van der Waals surface area (Å²) in [5, 5.41) is 0. The van der Waals surface area contributed by atoms with Crippen molar-refractivity contribution < 1.29 is 8.42 Å². The molecule has 0 aromatic carbocycles. The SMILES string of the molecule is CCCCCS(=O)(=O)CC(N)C(C)CC. The quantitative estimate of drug-likeness (QED) is 0.654. The van der Waals surface area contributed by atoms with E-state index in [1.807, 2.05) is 13.8 Å². The van der Waals surface area contributed by atoms with Gasteiger partial charge in [0.1, 0.15) is 0 Å². The summed E-state index contributed by atoms with van der Waals surface area (Å²) in [6, 6.07) is -0.207. The standard InChI is InChI=1S/C11H25NO2S/c1-4-6-7-8-15(13,14)9-11(12)10(3)5-2/h10-11H,4-9,12H2,1-3H3. The van der Waals surface area contributed by atoms with Crippen LogP contribution in [0.3, 0.4) is 0 Å². The highest BCUT2D eigenvalue weighted by Crippen LogP contribution is 2.09. The molecule has 0 aliphatic carbocycles. The van der Waals surface area contributed by atoms with Gasteiger partial charge in [0.15, 0.2) is 9.84 Å². The largest absolute Gasteiger partial charge is 0.327 e. The second kappa shape index (κ2) is 7.23. The number of hydrogen-bond acceptors (Lipinski definition) is 3. The Morgan fingerprint density at radius 1 is 1.20 bits per heavy atom. The monoisotopic (exact) mass is 235 g/mol. The van der Waals surface area contributed by atoms with Crippen LogP contribution in [0.4, 0.5) is 0 Å². The van der Waals surface area contributed by atoms with E-state index in [1.54, 1.807) is 0 Å². The predicted molar refractivity (Wildman–Crippen MR) is 65.6 cm³/mol. The lowest BCUT2D eigenvalue weighted by Gasteiger charge is -2.18. The first-order chi connectivity index (χ1) is 6.93. The van der Waals surface area contributed by atoms with Crippen molar-refractivity contribution in [1.29, 1.82) is 0 Å². The topological polar surface area (TPSA) is 60.2 Å². The van der Waals surface area contributed by atoms with Gasteiger partial charge in [-0.3, -0.25) is 0 Å². The van der Waals surface area contributed by atoms with Gasteiger partial charge in [0.25, 0.3) is 0 Å². The molecule has 0 saturated heterocycles. The maximum absolute atomic E-state index is 11.7. The summed E-state index contributed by atoms with van der Waals surface area (Å²) >= 11 is 0. The first-order valence-electron chi connectivity index (χ1n) is 5.89. The van der Waals surface area contributed by atoms with Crippen LogP contribution in [0, 0.1) is 5.92 Å². The third kappa shape index (κ3) is 6.90. The lowest BCUT2D eigenvalue weighted by molar-refractivity contribution is 0.465. The zero-order valence-electron chi connectivity index (χ0n) is 10.2. The molecule has 0 saturated carbocycles. The van der Waals surface area contributed by atoms with E-state index in [4.69, 9.17) is 5.73 Å². The molecule has 0 spiro atoms. The number of rotatable bonds is 8. The van der Waals surface area contributed by atoms with Crippen LogP contribution in [0.15, 0.2) is 0 Å². The summed E-state index contributed by atoms with van der Waals surface area (Å²) in [5.41, 5.74) is 5.84. The third-order valence-electron chi connectivity index (χ3n) is 2.88. The van der Waals surface area contributed by atoms with Crippen LogP contribution in [0.5, 0.6) is 0 Å². The molecule has 2 unspecified atom stereocenters. The van der Waals surface area contributed by atoms with E-state index in [0.29, 0.717) is 5.75 Å². The summed E-state index contributed by atoms with van der Waals surface area (Å²) in [6.07, 6.45) is 3.74. The minimum Gasteiger partial charge on any atom is -0.327 e. The van der Waals surface area contributed by atoms with Gasteiger partial charge in [-0.05, 0) is 12.3 Å². The van der Waals surface area contributed by atoms with Crippen LogP contribution >= 0.6 is 0 Å². The summed E-state index contributed by atoms with van der Waals surface area (Å²) in [5.74, 6) is 0.724. The van der Waals surface area contributed by atoms with Gasteiger partial charge in [0, 0.05) is 6.04 Å². The van der Waals surface area contributed by atoms with E-state index in [2.05, 4.69) is 6.92 Å². The summed E-state index contributed by atoms with van der Waals surface area (Å²) in [4.78, 5) is 0. The number of unbranched alkanes of at least 4 members (excludes halogenated alkanes) is 2. The average Bonchev–Trinajstić information content (AvgIpc) is 2.16. The molecule has 0 aliphatic rings. The Labute approximate surface area is 94.4 Å². The normalized spacial score (nSPS) is 16.3. The molecule has 0 aromatic heterocycles. The van der Waals surface area contributed by atoms with Crippen molar-refractivity contribution in [1.82, 2.24) is 0 Å². The lowest BCUT2D eigenvalue weighted by atomic mass is 10.0. The molecule has 0 bridgehead atoms. The number of sulfone groups is 1. The van der Waals surface area contributed by atoms with Crippen molar-refractivity contribution >= 4 is 9.84 Å². The van der Waals surface area contributed by atoms with Crippen molar-refractivity contribution in [2.24, 2.45) is 11.7 Å². The smallest absolute Gasteiger partial charge is 0.151 e. The second-order valence-electron chi connectivity index (χ2n) is 4.37. The zero-order chi connectivity index (χ0) is 11.9. The van der Waals surface area contributed by atoms with Crippen molar-refractivity contribution in [3.05, 3.63) is 0 Å². The van der Waals surface area contributed by atoms with E-state index in [1.165, 1.54) is 0 Å². The first-order valence-corrected chi connectivity index (χ1v) is 7.71. The molecule has 0 aliphatic heterocycles. The van der Waals surface area contributed by atoms with Crippen LogP contribution in [-0.2, 0) is 9.84 Å². The number of hydrogen-bond donors (Lipinski definition) is 1. The molecular formula is C11H25NO2S. The molecule has 0 aromatic rings. The van der Waals surface area contributed by atoms with Crippen LogP contribution in [0.1, 0.15) is 46.5 Å². The highest BCUT2D eigenvalue weighted by Gasteiger charge is 2.19. The van der Waals surface area contributed by atoms with E-state index in [-0.39, 0.29) is 17.7 Å². The Hall–Kier alpha value is -0.0900. The molecule has 0 heterocycles. The third-order valence-corrected chi connectivity index (χ3v) is 4.68. The maximum atomic E-state index is 11.7. The highest BCUT2D eigenvalue weighted by molar-refractivity contribution is 7.91. The molecule has 92 valence electrons. The Bertz CT molecular complexity index is 249. The average molecular weight is 235 g/mol. The van der Waals surface area contributed by atoms with Crippen molar-refractivity contribution in [3.8, 4) is 0 Å². The van der Waals surface area contributed by atoms with Gasteiger partial charge in [0.05, 0.1) is 11.5 Å². The van der Waals surface area contributed by atoms with Crippen molar-refractivity contribution in [2.75, 3.05) is 11.5 Å². The fraction of sp³-hybridized carbons (Fsp3) is 1.00. The van der Waals surface area contributed by atoms with Crippen LogP contribution < -0.4 is 5.73 Å². The number of nitrogens with two attached hydrogens (primary N) is 1. The molecule has 4 heteroatoms. The molecule has 0 fully saturated rings. The van der Waals surface area contributed by atoms with Gasteiger partial charge >= 0.3 is 0 Å². The fourth-order valence-electron chi connectivity index (χ4n) is 1.42. The Morgan fingerprint density at radius 3 is 2.27 bits per heavy atom. The maximum Gasteiger partial charge on any atom is 0.151 e. The van der Waals surface area contributed by atoms with Gasteiger partial charge in [0.2, 0.25) is 0 Å². The van der Waals surface area contributed by atoms with E-state index < -0.39 is 9.84 Å². The Morgan fingerprint density at radius 2 is 1.80 bits per heavy atom. The fourth-order valence-corrected chi connectivity index (χ4v) is 3.14. The molecular weight excluding hydrogens is 210 g/mol. The Kier molecular flexibility index (Phi) is 7.18. The van der Waals surface area contributed by atoms with Gasteiger partial charge in [-0.2, -0.15) is 0 Å². The summed E-state index contributed by atoms with van der Waals surface area (Å²) in [7, 11) is -2.93. The predicted octanol–water partition coefficient (Wildman–Crippen LogP) is 1.96. The Balaban J connectivity index is 4.02. The molecule has 0 amide bonds. The van der Waals surface area contributed by atoms with E-state index >= 15 is 0 Å². The van der Waals surface area contributed by atoms with E-state index in [9.17, 15) is 8.42 Å².